The molecule has 1 aromatic heterocycles. The van der Waals surface area contributed by atoms with Crippen LogP contribution in [0.2, 0.25) is 0 Å². The summed E-state index contributed by atoms with van der Waals surface area (Å²) in [5.74, 6) is 0.708. The summed E-state index contributed by atoms with van der Waals surface area (Å²) in [6, 6.07) is 7.86. The molecule has 3 rings (SSSR count). The molecule has 1 saturated heterocycles. The minimum absolute atomic E-state index is 0.0912. The summed E-state index contributed by atoms with van der Waals surface area (Å²) >= 11 is 7.15. The smallest absolute Gasteiger partial charge is 0.323 e. The minimum Gasteiger partial charge on any atom is -0.494 e. The molecule has 2 heterocycles. The number of carbonyl (C=O) groups excluding carboxylic acids is 1. The molecule has 0 saturated carbocycles. The van der Waals surface area contributed by atoms with E-state index >= 15 is 0 Å². The van der Waals surface area contributed by atoms with Gasteiger partial charge in [0.15, 0.2) is 0 Å². The molecule has 0 spiro atoms. The predicted octanol–water partition coefficient (Wildman–Crippen LogP) is 3.46. The number of methoxy groups -OCH3 is 1. The molecule has 1 aliphatic rings. The summed E-state index contributed by atoms with van der Waals surface area (Å²) in [5, 5.41) is 0.964. The Morgan fingerprint density at radius 1 is 1.41 bits per heavy atom. The number of hydrogen-bond acceptors (Lipinski definition) is 7. The van der Waals surface area contributed by atoms with Gasteiger partial charge in [-0.3, -0.25) is 9.69 Å². The van der Waals surface area contributed by atoms with E-state index in [4.69, 9.17) is 21.3 Å². The van der Waals surface area contributed by atoms with Gasteiger partial charge < -0.3 is 9.47 Å². The Labute approximate surface area is 168 Å². The standard InChI is InChI=1S/C19H24ClN3O3S/c1-25-19(24)17-4-2-9-23(17)10-3-11-26-15-7-5-14(6-8-15)18-21-12-16(27-18)13-22-20/h5-8,12,17,22H,2-4,9-11,13H2,1H3/t17-/m0/s1. The van der Waals surface area contributed by atoms with Crippen LogP contribution in [0.5, 0.6) is 5.75 Å². The van der Waals surface area contributed by atoms with E-state index in [1.54, 1.807) is 11.3 Å². The summed E-state index contributed by atoms with van der Waals surface area (Å²) in [7, 11) is 1.45. The summed E-state index contributed by atoms with van der Waals surface area (Å²) < 4.78 is 10.7. The van der Waals surface area contributed by atoms with E-state index in [-0.39, 0.29) is 12.0 Å². The van der Waals surface area contributed by atoms with E-state index in [2.05, 4.69) is 14.7 Å². The first-order valence-corrected chi connectivity index (χ1v) is 10.2. The second kappa shape index (κ2) is 10.0. The van der Waals surface area contributed by atoms with Crippen LogP contribution in [0.3, 0.4) is 0 Å². The van der Waals surface area contributed by atoms with E-state index in [1.807, 2.05) is 30.5 Å². The van der Waals surface area contributed by atoms with Crippen molar-refractivity contribution < 1.29 is 14.3 Å². The van der Waals surface area contributed by atoms with Gasteiger partial charge in [0, 0.05) is 29.7 Å². The highest BCUT2D eigenvalue weighted by molar-refractivity contribution is 7.15. The summed E-state index contributed by atoms with van der Waals surface area (Å²) in [5.41, 5.74) is 1.06. The number of benzene rings is 1. The van der Waals surface area contributed by atoms with Gasteiger partial charge in [0.2, 0.25) is 0 Å². The van der Waals surface area contributed by atoms with Gasteiger partial charge in [0.05, 0.1) is 13.7 Å². The Morgan fingerprint density at radius 3 is 2.96 bits per heavy atom. The van der Waals surface area contributed by atoms with Crippen molar-refractivity contribution in [3.63, 3.8) is 0 Å². The Bertz CT molecular complexity index is 738. The first-order chi connectivity index (χ1) is 13.2. The molecule has 1 N–H and O–H groups in total. The molecule has 0 unspecified atom stereocenters. The van der Waals surface area contributed by atoms with E-state index in [0.29, 0.717) is 13.2 Å². The van der Waals surface area contributed by atoms with Gasteiger partial charge in [-0.2, -0.15) is 0 Å². The van der Waals surface area contributed by atoms with Crippen molar-refractivity contribution in [2.75, 3.05) is 26.8 Å². The van der Waals surface area contributed by atoms with Crippen LogP contribution in [0.25, 0.3) is 10.6 Å². The second-order valence-corrected chi connectivity index (χ2v) is 7.77. The maximum absolute atomic E-state index is 11.8. The van der Waals surface area contributed by atoms with Crippen molar-refractivity contribution in [1.82, 2.24) is 14.7 Å². The van der Waals surface area contributed by atoms with Crippen molar-refractivity contribution in [3.05, 3.63) is 35.3 Å². The lowest BCUT2D eigenvalue weighted by molar-refractivity contribution is -0.145. The molecule has 0 bridgehead atoms. The Morgan fingerprint density at radius 2 is 2.22 bits per heavy atom. The fraction of sp³-hybridized carbons (Fsp3) is 0.474. The Hall–Kier alpha value is -1.67. The number of carbonyl (C=O) groups is 1. The maximum atomic E-state index is 11.8. The molecule has 8 heteroatoms. The van der Waals surface area contributed by atoms with Crippen LogP contribution in [0.1, 0.15) is 24.1 Å². The third-order valence-electron chi connectivity index (χ3n) is 4.59. The van der Waals surface area contributed by atoms with Gasteiger partial charge in [0.1, 0.15) is 16.8 Å². The highest BCUT2D eigenvalue weighted by atomic mass is 35.5. The first kappa shape index (κ1) is 20.1. The van der Waals surface area contributed by atoms with Gasteiger partial charge in [-0.1, -0.05) is 0 Å². The zero-order chi connectivity index (χ0) is 19.1. The zero-order valence-electron chi connectivity index (χ0n) is 15.3. The monoisotopic (exact) mass is 409 g/mol. The molecular formula is C19H24ClN3O3S. The van der Waals surface area contributed by atoms with Crippen molar-refractivity contribution >= 4 is 29.1 Å². The highest BCUT2D eigenvalue weighted by Crippen LogP contribution is 2.27. The number of hydrogen-bond donors (Lipinski definition) is 1. The quantitative estimate of drug-likeness (QED) is 0.388. The molecule has 27 heavy (non-hydrogen) atoms. The fourth-order valence-corrected chi connectivity index (χ4v) is 4.32. The lowest BCUT2D eigenvalue weighted by atomic mass is 10.2. The van der Waals surface area contributed by atoms with Crippen molar-refractivity contribution in [3.8, 4) is 16.3 Å². The molecule has 1 fully saturated rings. The number of ether oxygens (including phenoxy) is 2. The molecule has 1 aromatic carbocycles. The van der Waals surface area contributed by atoms with Crippen molar-refractivity contribution in [1.29, 1.82) is 0 Å². The maximum Gasteiger partial charge on any atom is 0.323 e. The summed E-state index contributed by atoms with van der Waals surface area (Å²) in [4.78, 5) is 22.1. The molecule has 1 atom stereocenters. The largest absolute Gasteiger partial charge is 0.494 e. The van der Waals surface area contributed by atoms with Crippen LogP contribution in [-0.4, -0.2) is 48.7 Å². The van der Waals surface area contributed by atoms with E-state index in [0.717, 1.165) is 53.5 Å². The Balaban J connectivity index is 1.44. The normalized spacial score (nSPS) is 17.2. The van der Waals surface area contributed by atoms with Crippen LogP contribution in [-0.2, 0) is 16.1 Å². The number of esters is 1. The summed E-state index contributed by atoms with van der Waals surface area (Å²) in [6.45, 7) is 3.01. The molecule has 0 amide bonds. The lowest BCUT2D eigenvalue weighted by Gasteiger charge is -2.22. The van der Waals surface area contributed by atoms with Crippen LogP contribution in [0.4, 0.5) is 0 Å². The Kier molecular flexibility index (Phi) is 7.46. The number of rotatable bonds is 9. The topological polar surface area (TPSA) is 63.7 Å². The van der Waals surface area contributed by atoms with Crippen molar-refractivity contribution in [2.24, 2.45) is 0 Å². The molecule has 1 aliphatic heterocycles. The number of nitrogens with one attached hydrogen (secondary N) is 1. The number of likely N-dealkylation sites (tertiary alicyclic amines) is 1. The third kappa shape index (κ3) is 5.42. The third-order valence-corrected chi connectivity index (χ3v) is 5.77. The van der Waals surface area contributed by atoms with Gasteiger partial charge in [-0.15, -0.1) is 11.3 Å². The van der Waals surface area contributed by atoms with Crippen LogP contribution < -0.4 is 9.57 Å². The van der Waals surface area contributed by atoms with Crippen LogP contribution in [0, 0.1) is 0 Å². The molecule has 0 aliphatic carbocycles. The van der Waals surface area contributed by atoms with Crippen LogP contribution >= 0.6 is 23.1 Å². The van der Waals surface area contributed by atoms with E-state index < -0.39 is 0 Å². The number of aromatic nitrogens is 1. The second-order valence-electron chi connectivity index (χ2n) is 6.39. The van der Waals surface area contributed by atoms with Crippen molar-refractivity contribution in [2.45, 2.75) is 31.8 Å². The molecule has 6 nitrogen and oxygen atoms in total. The lowest BCUT2D eigenvalue weighted by Crippen LogP contribution is -2.37. The van der Waals surface area contributed by atoms with Crippen LogP contribution in [0.15, 0.2) is 30.5 Å². The first-order valence-electron chi connectivity index (χ1n) is 9.04. The van der Waals surface area contributed by atoms with Gasteiger partial charge in [-0.05, 0) is 61.8 Å². The van der Waals surface area contributed by atoms with E-state index in [1.165, 1.54) is 7.11 Å². The summed E-state index contributed by atoms with van der Waals surface area (Å²) in [6.07, 6.45) is 4.63. The predicted molar refractivity (Wildman–Crippen MR) is 107 cm³/mol. The average Bonchev–Trinajstić information content (AvgIpc) is 3.35. The van der Waals surface area contributed by atoms with Gasteiger partial charge in [0.25, 0.3) is 0 Å². The molecule has 0 radical (unpaired) electrons. The molecule has 146 valence electrons. The average molecular weight is 410 g/mol. The van der Waals surface area contributed by atoms with E-state index in [9.17, 15) is 4.79 Å². The van der Waals surface area contributed by atoms with Gasteiger partial charge in [-0.25, -0.2) is 9.82 Å². The number of halogens is 1. The molecule has 2 aromatic rings. The number of nitrogens with zero attached hydrogens (tertiary/aromatic N) is 2. The number of thiazole rings is 1. The zero-order valence-corrected chi connectivity index (χ0v) is 16.9. The van der Waals surface area contributed by atoms with Gasteiger partial charge >= 0.3 is 5.97 Å². The molecular weight excluding hydrogens is 386 g/mol. The minimum atomic E-state index is -0.129. The fourth-order valence-electron chi connectivity index (χ4n) is 3.24. The SMILES string of the molecule is COC(=O)[C@@H]1CCCN1CCCOc1ccc(-c2ncc(CNCl)s2)cc1. The highest BCUT2D eigenvalue weighted by Gasteiger charge is 2.30.